The number of benzene rings is 2. The third-order valence-corrected chi connectivity index (χ3v) is 3.02. The van der Waals surface area contributed by atoms with Gasteiger partial charge in [-0.25, -0.2) is 0 Å². The number of rotatable bonds is 2. The number of hydrogen-bond acceptors (Lipinski definition) is 0. The molecule has 102 valence electrons. The molecule has 0 saturated carbocycles. The first-order valence-corrected chi connectivity index (χ1v) is 5.86. The van der Waals surface area contributed by atoms with Crippen molar-refractivity contribution in [2.75, 3.05) is 0 Å². The zero-order valence-electron chi connectivity index (χ0n) is 10.9. The molecule has 0 aromatic heterocycles. The van der Waals surface area contributed by atoms with Crippen LogP contribution in [-0.4, -0.2) is 0 Å². The molecule has 20 heavy (non-hydrogen) atoms. The maximum absolute atomic E-state index is 3.45. The molecule has 0 atom stereocenters. The van der Waals surface area contributed by atoms with Gasteiger partial charge in [0.2, 0.25) is 0 Å². The van der Waals surface area contributed by atoms with E-state index in [1.807, 2.05) is 12.1 Å². The van der Waals surface area contributed by atoms with E-state index >= 15 is 0 Å². The molecule has 0 aliphatic heterocycles. The van der Waals surface area contributed by atoms with Crippen LogP contribution in [0.1, 0.15) is 17.5 Å². The van der Waals surface area contributed by atoms with Crippen LogP contribution in [-0.2, 0) is 25.8 Å². The first-order chi connectivity index (χ1) is 8.43. The van der Waals surface area contributed by atoms with Gasteiger partial charge in [-0.3, -0.25) is 0 Å². The second kappa shape index (κ2) is 9.33. The maximum atomic E-state index is 3.45. The summed E-state index contributed by atoms with van der Waals surface area (Å²) >= 11 is 0. The Morgan fingerprint density at radius 1 is 0.700 bits per heavy atom. The molecule has 0 amide bonds. The summed E-state index contributed by atoms with van der Waals surface area (Å²) in [5, 5.41) is 0. The van der Waals surface area contributed by atoms with E-state index < -0.39 is 0 Å². The Labute approximate surface area is 151 Å². The molecule has 1 aliphatic carbocycles. The molecule has 0 saturated heterocycles. The summed E-state index contributed by atoms with van der Waals surface area (Å²) in [5.41, 5.74) is 5.11. The normalized spacial score (nSPS) is 12.2. The van der Waals surface area contributed by atoms with Gasteiger partial charge < -0.3 is 0 Å². The van der Waals surface area contributed by atoms with Gasteiger partial charge in [-0.2, -0.15) is 17.7 Å². The SMILES string of the molecule is Cl.Cl.[C-]1=C(c2ccccc2)C=C(c2ccccc2)C1.[Hf]. The summed E-state index contributed by atoms with van der Waals surface area (Å²) < 4.78 is 0. The van der Waals surface area contributed by atoms with E-state index in [1.54, 1.807) is 0 Å². The minimum atomic E-state index is 0. The van der Waals surface area contributed by atoms with Crippen molar-refractivity contribution in [3.8, 4) is 0 Å². The molecule has 1 aliphatic rings. The fourth-order valence-electron chi connectivity index (χ4n) is 2.11. The fourth-order valence-corrected chi connectivity index (χ4v) is 2.11. The zero-order chi connectivity index (χ0) is 11.5. The smallest absolute Gasteiger partial charge is 0 e. The van der Waals surface area contributed by atoms with Crippen molar-refractivity contribution in [3.05, 3.63) is 83.9 Å². The topological polar surface area (TPSA) is 0 Å². The second-order valence-corrected chi connectivity index (χ2v) is 4.17. The summed E-state index contributed by atoms with van der Waals surface area (Å²) in [7, 11) is 0. The van der Waals surface area contributed by atoms with Gasteiger partial charge in [-0.05, 0) is 5.56 Å². The van der Waals surface area contributed by atoms with Crippen molar-refractivity contribution in [2.24, 2.45) is 0 Å². The minimum absolute atomic E-state index is 0. The fraction of sp³-hybridized carbons (Fsp3) is 0.0588. The quantitative estimate of drug-likeness (QED) is 0.420. The Balaban J connectivity index is 0.00000120. The standard InChI is InChI=1S/C17H13.2ClH.Hf/c1-3-7-14(8-4-1)16-11-12-17(13-16)15-9-5-2-6-10-15;;;/h1-10,13H,11H2;2*1H;/q-1;;;. The molecule has 0 radical (unpaired) electrons. The van der Waals surface area contributed by atoms with Crippen LogP contribution in [0.4, 0.5) is 0 Å². The molecule has 0 unspecified atom stereocenters. The molecule has 0 bridgehead atoms. The van der Waals surface area contributed by atoms with E-state index in [2.05, 4.69) is 60.7 Å². The first-order valence-electron chi connectivity index (χ1n) is 5.86. The number of allylic oxidation sites excluding steroid dienone is 4. The monoisotopic (exact) mass is 469 g/mol. The predicted octanol–water partition coefficient (Wildman–Crippen LogP) is 5.20. The first kappa shape index (κ1) is 19.4. The minimum Gasteiger partial charge on any atom is -0.197 e. The van der Waals surface area contributed by atoms with Crippen LogP contribution in [0.15, 0.2) is 66.7 Å². The summed E-state index contributed by atoms with van der Waals surface area (Å²) in [5.74, 6) is 0. The largest absolute Gasteiger partial charge is 0.197 e. The Morgan fingerprint density at radius 2 is 1.20 bits per heavy atom. The Morgan fingerprint density at radius 3 is 1.75 bits per heavy atom. The van der Waals surface area contributed by atoms with Crippen molar-refractivity contribution < 1.29 is 25.8 Å². The molecule has 0 fully saturated rings. The molecule has 2 aromatic rings. The van der Waals surface area contributed by atoms with Gasteiger partial charge in [0.15, 0.2) is 0 Å². The van der Waals surface area contributed by atoms with Crippen LogP contribution in [0.25, 0.3) is 11.1 Å². The van der Waals surface area contributed by atoms with Gasteiger partial charge >= 0.3 is 0 Å². The van der Waals surface area contributed by atoms with Crippen molar-refractivity contribution in [2.45, 2.75) is 6.42 Å². The Hall–Kier alpha value is -0.630. The van der Waals surface area contributed by atoms with Crippen LogP contribution in [0.5, 0.6) is 0 Å². The summed E-state index contributed by atoms with van der Waals surface area (Å²) in [6, 6.07) is 21.0. The van der Waals surface area contributed by atoms with Gasteiger partial charge in [0.1, 0.15) is 0 Å². The van der Waals surface area contributed by atoms with E-state index in [-0.39, 0.29) is 50.7 Å². The zero-order valence-corrected chi connectivity index (χ0v) is 16.1. The van der Waals surface area contributed by atoms with Gasteiger partial charge in [0, 0.05) is 25.8 Å². The van der Waals surface area contributed by atoms with Crippen molar-refractivity contribution in [1.29, 1.82) is 0 Å². The van der Waals surface area contributed by atoms with E-state index in [4.69, 9.17) is 0 Å². The molecule has 3 rings (SSSR count). The predicted molar refractivity (Wildman–Crippen MR) is 86.6 cm³/mol. The van der Waals surface area contributed by atoms with Crippen molar-refractivity contribution in [3.63, 3.8) is 0 Å². The molecule has 0 nitrogen and oxygen atoms in total. The van der Waals surface area contributed by atoms with Gasteiger partial charge in [-0.1, -0.05) is 55.0 Å². The van der Waals surface area contributed by atoms with Crippen LogP contribution in [0.2, 0.25) is 0 Å². The third-order valence-electron chi connectivity index (χ3n) is 3.02. The molecule has 0 N–H and O–H groups in total. The second-order valence-electron chi connectivity index (χ2n) is 4.17. The summed E-state index contributed by atoms with van der Waals surface area (Å²) in [4.78, 5) is 0. The maximum Gasteiger partial charge on any atom is 0 e. The summed E-state index contributed by atoms with van der Waals surface area (Å²) in [6.45, 7) is 0. The molecular formula is C17H15Cl2Hf-. The summed E-state index contributed by atoms with van der Waals surface area (Å²) in [6.07, 6.45) is 6.60. The average molecular weight is 469 g/mol. The Bertz CT molecular complexity index is 574. The molecule has 2 aromatic carbocycles. The number of halogens is 2. The average Bonchev–Trinajstić information content (AvgIpc) is 2.90. The molecular weight excluding hydrogens is 454 g/mol. The van der Waals surface area contributed by atoms with Crippen molar-refractivity contribution >= 4 is 36.0 Å². The van der Waals surface area contributed by atoms with Crippen molar-refractivity contribution in [1.82, 2.24) is 0 Å². The third kappa shape index (κ3) is 4.44. The van der Waals surface area contributed by atoms with Gasteiger partial charge in [0.05, 0.1) is 0 Å². The molecule has 3 heteroatoms. The molecule has 0 heterocycles. The van der Waals surface area contributed by atoms with Crippen LogP contribution in [0, 0.1) is 6.08 Å². The van der Waals surface area contributed by atoms with E-state index in [0.717, 1.165) is 6.42 Å². The van der Waals surface area contributed by atoms with Crippen LogP contribution < -0.4 is 0 Å². The van der Waals surface area contributed by atoms with Gasteiger partial charge in [-0.15, -0.1) is 48.1 Å². The van der Waals surface area contributed by atoms with Crippen LogP contribution >= 0.6 is 24.8 Å². The molecule has 0 spiro atoms. The van der Waals surface area contributed by atoms with E-state index in [0.29, 0.717) is 0 Å². The van der Waals surface area contributed by atoms with E-state index in [1.165, 1.54) is 22.3 Å². The van der Waals surface area contributed by atoms with Crippen LogP contribution in [0.3, 0.4) is 0 Å². The van der Waals surface area contributed by atoms with Gasteiger partial charge in [0.25, 0.3) is 0 Å². The van der Waals surface area contributed by atoms with E-state index in [9.17, 15) is 0 Å². The number of hydrogen-bond donors (Lipinski definition) is 0. The Kier molecular flexibility index (Phi) is 9.04.